The van der Waals surface area contributed by atoms with Gasteiger partial charge in [0.15, 0.2) is 0 Å². The highest BCUT2D eigenvalue weighted by molar-refractivity contribution is 7.99. The minimum Gasteiger partial charge on any atom is -0.394 e. The summed E-state index contributed by atoms with van der Waals surface area (Å²) in [5.74, 6) is 0.858. The van der Waals surface area contributed by atoms with Gasteiger partial charge in [0.1, 0.15) is 11.5 Å². The lowest BCUT2D eigenvalue weighted by Crippen LogP contribution is -2.17. The molecule has 0 spiro atoms. The smallest absolute Gasteiger partial charge is 0.394 e. The minimum absolute atomic E-state index is 0.248. The fourth-order valence-corrected chi connectivity index (χ4v) is 5.53. The van der Waals surface area contributed by atoms with Crippen molar-refractivity contribution in [2.75, 3.05) is 0 Å². The Bertz CT molecular complexity index is 908. The molecular weight excluding hydrogens is 391 g/mol. The third-order valence-corrected chi connectivity index (χ3v) is 6.52. The number of benzene rings is 2. The SMILES string of the molecule is Cc1cc2c(c(C(C)(C)C)c1)OP(=O)(O)Oc1c(cc(C)cc1C(C)(C)C)S2. The van der Waals surface area contributed by atoms with E-state index in [4.69, 9.17) is 9.05 Å². The van der Waals surface area contributed by atoms with Crippen LogP contribution >= 0.6 is 19.6 Å². The van der Waals surface area contributed by atoms with Crippen LogP contribution in [-0.4, -0.2) is 4.89 Å². The van der Waals surface area contributed by atoms with Crippen molar-refractivity contribution >= 4 is 19.6 Å². The molecule has 0 atom stereocenters. The van der Waals surface area contributed by atoms with Crippen molar-refractivity contribution < 1.29 is 18.5 Å². The number of phosphoric acid groups is 1. The van der Waals surface area contributed by atoms with E-state index in [1.54, 1.807) is 0 Å². The van der Waals surface area contributed by atoms with Gasteiger partial charge in [-0.05, 0) is 47.9 Å². The zero-order valence-electron chi connectivity index (χ0n) is 17.8. The lowest BCUT2D eigenvalue weighted by atomic mass is 9.85. The highest BCUT2D eigenvalue weighted by Gasteiger charge is 2.36. The third-order valence-electron chi connectivity index (χ3n) is 4.65. The standard InChI is InChI=1S/C22H29O4PS/c1-13-9-15(21(3,4)5)19-17(11-13)28-18-12-14(2)10-16(22(6,7)8)20(18)26-27(23,24)25-19/h9-12H,1-8H3,(H,23,24). The largest absolute Gasteiger partial charge is 0.584 e. The highest BCUT2D eigenvalue weighted by atomic mass is 32.2. The molecule has 0 aromatic heterocycles. The first-order valence-electron chi connectivity index (χ1n) is 9.37. The first kappa shape index (κ1) is 21.3. The molecule has 28 heavy (non-hydrogen) atoms. The van der Waals surface area contributed by atoms with Crippen LogP contribution in [0, 0.1) is 13.8 Å². The van der Waals surface area contributed by atoms with Crippen LogP contribution < -0.4 is 9.05 Å². The van der Waals surface area contributed by atoms with E-state index in [9.17, 15) is 9.46 Å². The maximum Gasteiger partial charge on any atom is 0.584 e. The number of hydrogen-bond acceptors (Lipinski definition) is 4. The van der Waals surface area contributed by atoms with Crippen LogP contribution in [0.5, 0.6) is 11.5 Å². The number of phosphoric ester groups is 1. The van der Waals surface area contributed by atoms with Gasteiger partial charge in [-0.25, -0.2) is 4.57 Å². The quantitative estimate of drug-likeness (QED) is 0.469. The van der Waals surface area contributed by atoms with Crippen molar-refractivity contribution in [3.63, 3.8) is 0 Å². The Kier molecular flexibility index (Phi) is 5.19. The number of fused-ring (bicyclic) bond motifs is 2. The Morgan fingerprint density at radius 3 is 1.46 bits per heavy atom. The number of hydrogen-bond donors (Lipinski definition) is 1. The summed E-state index contributed by atoms with van der Waals surface area (Å²) in [5.41, 5.74) is 3.45. The van der Waals surface area contributed by atoms with Gasteiger partial charge in [-0.15, -0.1) is 0 Å². The monoisotopic (exact) mass is 420 g/mol. The Morgan fingerprint density at radius 2 is 1.14 bits per heavy atom. The summed E-state index contributed by atoms with van der Waals surface area (Å²) in [6.45, 7) is 16.4. The predicted molar refractivity (Wildman–Crippen MR) is 115 cm³/mol. The molecule has 3 rings (SSSR count). The van der Waals surface area contributed by atoms with Crippen LogP contribution in [0.15, 0.2) is 34.1 Å². The molecule has 0 bridgehead atoms. The van der Waals surface area contributed by atoms with E-state index in [1.165, 1.54) is 11.8 Å². The predicted octanol–water partition coefficient (Wildman–Crippen LogP) is 6.92. The minimum atomic E-state index is -4.36. The molecule has 1 aliphatic rings. The maximum atomic E-state index is 13.0. The van der Waals surface area contributed by atoms with Crippen molar-refractivity contribution in [1.29, 1.82) is 0 Å². The van der Waals surface area contributed by atoms with Gasteiger partial charge >= 0.3 is 7.82 Å². The summed E-state index contributed by atoms with van der Waals surface area (Å²) < 4.78 is 24.3. The zero-order chi connectivity index (χ0) is 21.1. The molecule has 4 nitrogen and oxygen atoms in total. The first-order chi connectivity index (χ1) is 12.7. The van der Waals surface area contributed by atoms with E-state index in [2.05, 4.69) is 41.5 Å². The van der Waals surface area contributed by atoms with Crippen molar-refractivity contribution in [2.45, 2.75) is 76.0 Å². The van der Waals surface area contributed by atoms with E-state index < -0.39 is 7.82 Å². The van der Waals surface area contributed by atoms with E-state index in [1.807, 2.05) is 38.1 Å². The molecule has 2 aromatic carbocycles. The van der Waals surface area contributed by atoms with Gasteiger partial charge in [-0.3, -0.25) is 4.89 Å². The molecule has 1 aliphatic heterocycles. The summed E-state index contributed by atoms with van der Waals surface area (Å²) >= 11 is 1.52. The fraction of sp³-hybridized carbons (Fsp3) is 0.455. The fourth-order valence-electron chi connectivity index (χ4n) is 3.30. The normalized spacial score (nSPS) is 16.2. The molecule has 2 aromatic rings. The Balaban J connectivity index is 2.33. The first-order valence-corrected chi connectivity index (χ1v) is 11.7. The molecule has 1 heterocycles. The molecule has 0 unspecified atom stereocenters. The zero-order valence-corrected chi connectivity index (χ0v) is 19.5. The summed E-state index contributed by atoms with van der Waals surface area (Å²) in [5, 5.41) is 0. The lowest BCUT2D eigenvalue weighted by molar-refractivity contribution is 0.280. The second-order valence-electron chi connectivity index (χ2n) is 9.53. The van der Waals surface area contributed by atoms with Gasteiger partial charge in [0.05, 0.1) is 9.79 Å². The van der Waals surface area contributed by atoms with Gasteiger partial charge in [-0.2, -0.15) is 0 Å². The Morgan fingerprint density at radius 1 is 0.786 bits per heavy atom. The van der Waals surface area contributed by atoms with E-state index in [0.29, 0.717) is 11.5 Å². The highest BCUT2D eigenvalue weighted by Crippen LogP contribution is 2.57. The third kappa shape index (κ3) is 4.27. The van der Waals surface area contributed by atoms with Crippen molar-refractivity contribution in [1.82, 2.24) is 0 Å². The van der Waals surface area contributed by atoms with E-state index in [0.717, 1.165) is 32.0 Å². The average Bonchev–Trinajstić information content (AvgIpc) is 2.48. The van der Waals surface area contributed by atoms with Crippen LogP contribution in [0.4, 0.5) is 0 Å². The molecule has 0 saturated heterocycles. The molecule has 0 fully saturated rings. The molecule has 0 amide bonds. The van der Waals surface area contributed by atoms with Crippen molar-refractivity contribution in [3.8, 4) is 11.5 Å². The average molecular weight is 421 g/mol. The maximum absolute atomic E-state index is 13.0. The summed E-state index contributed by atoms with van der Waals surface area (Å²) in [6.07, 6.45) is 0. The van der Waals surface area contributed by atoms with Gasteiger partial charge < -0.3 is 9.05 Å². The molecule has 1 N–H and O–H groups in total. The molecule has 152 valence electrons. The van der Waals surface area contributed by atoms with Crippen LogP contribution in [0.2, 0.25) is 0 Å². The topological polar surface area (TPSA) is 55.8 Å². The summed E-state index contributed by atoms with van der Waals surface area (Å²) in [6, 6.07) is 8.03. The lowest BCUT2D eigenvalue weighted by Gasteiger charge is -2.31. The van der Waals surface area contributed by atoms with Crippen molar-refractivity contribution in [3.05, 3.63) is 46.5 Å². The summed E-state index contributed by atoms with van der Waals surface area (Å²) in [4.78, 5) is 12.2. The van der Waals surface area contributed by atoms with Crippen LogP contribution in [0.1, 0.15) is 63.8 Å². The van der Waals surface area contributed by atoms with Crippen molar-refractivity contribution in [2.24, 2.45) is 0 Å². The van der Waals surface area contributed by atoms with Crippen LogP contribution in [0.25, 0.3) is 0 Å². The Hall–Kier alpha value is -1.42. The Labute approximate surface area is 172 Å². The van der Waals surface area contributed by atoms with Crippen LogP contribution in [0.3, 0.4) is 0 Å². The van der Waals surface area contributed by atoms with Gasteiger partial charge in [0.2, 0.25) is 0 Å². The van der Waals surface area contributed by atoms with Gasteiger partial charge in [0.25, 0.3) is 0 Å². The molecule has 0 radical (unpaired) electrons. The van der Waals surface area contributed by atoms with Crippen LogP contribution in [-0.2, 0) is 15.4 Å². The second kappa shape index (κ2) is 6.83. The van der Waals surface area contributed by atoms with Gasteiger partial charge in [-0.1, -0.05) is 65.4 Å². The molecular formula is C22H29O4PS. The number of rotatable bonds is 0. The van der Waals surface area contributed by atoms with Gasteiger partial charge in [0, 0.05) is 11.1 Å². The molecule has 0 aliphatic carbocycles. The molecule has 0 saturated carbocycles. The summed E-state index contributed by atoms with van der Waals surface area (Å²) in [7, 11) is -4.36. The number of aryl methyl sites for hydroxylation is 2. The van der Waals surface area contributed by atoms with E-state index >= 15 is 0 Å². The molecule has 6 heteroatoms. The second-order valence-corrected chi connectivity index (χ2v) is 11.9. The van der Waals surface area contributed by atoms with E-state index in [-0.39, 0.29) is 10.8 Å².